The summed E-state index contributed by atoms with van der Waals surface area (Å²) < 4.78 is 7.81. The van der Waals surface area contributed by atoms with Gasteiger partial charge >= 0.3 is 5.69 Å². The van der Waals surface area contributed by atoms with Crippen LogP contribution >= 0.6 is 0 Å². The maximum Gasteiger partial charge on any atom is 0.331 e. The molecule has 0 amide bonds. The molecule has 2 aromatic heterocycles. The number of aryl methyl sites for hydroxylation is 1. The van der Waals surface area contributed by atoms with Crippen molar-refractivity contribution in [1.82, 2.24) is 14.3 Å². The lowest BCUT2D eigenvalue weighted by Gasteiger charge is -2.14. The van der Waals surface area contributed by atoms with Gasteiger partial charge in [-0.15, -0.1) is 0 Å². The molecule has 0 saturated carbocycles. The van der Waals surface area contributed by atoms with Crippen LogP contribution in [0.25, 0.3) is 0 Å². The summed E-state index contributed by atoms with van der Waals surface area (Å²) in [6, 6.07) is 20.7. The second-order valence-electron chi connectivity index (χ2n) is 6.76. The molecule has 4 aromatic rings. The Morgan fingerprint density at radius 3 is 2.14 bits per heavy atom. The van der Waals surface area contributed by atoms with Crippen LogP contribution in [0, 0.1) is 6.92 Å². The Kier molecular flexibility index (Phi) is 5.11. The van der Waals surface area contributed by atoms with Crippen LogP contribution in [0.3, 0.4) is 0 Å². The van der Waals surface area contributed by atoms with Gasteiger partial charge in [-0.3, -0.25) is 13.9 Å². The summed E-state index contributed by atoms with van der Waals surface area (Å²) in [5.74, 6) is 1.03. The SMILES string of the molecule is Cc1cc(Nc2cn(Cc3ccccc3)c(=O)n(Cc3ccccc3)c2=O)no1. The summed E-state index contributed by atoms with van der Waals surface area (Å²) >= 11 is 0. The third-order valence-electron chi connectivity index (χ3n) is 4.51. The Balaban J connectivity index is 1.79. The minimum absolute atomic E-state index is 0.181. The third kappa shape index (κ3) is 4.19. The Hall–Kier alpha value is -3.87. The number of nitrogens with one attached hydrogen (secondary N) is 1. The number of benzene rings is 2. The minimum Gasteiger partial charge on any atom is -0.360 e. The number of hydrogen-bond acceptors (Lipinski definition) is 5. The Morgan fingerprint density at radius 1 is 0.931 bits per heavy atom. The molecule has 0 radical (unpaired) electrons. The average Bonchev–Trinajstić information content (AvgIpc) is 3.15. The van der Waals surface area contributed by atoms with Crippen molar-refractivity contribution in [3.63, 3.8) is 0 Å². The van der Waals surface area contributed by atoms with Gasteiger partial charge in [-0.2, -0.15) is 0 Å². The average molecular weight is 388 g/mol. The van der Waals surface area contributed by atoms with Crippen molar-refractivity contribution in [2.24, 2.45) is 0 Å². The second-order valence-corrected chi connectivity index (χ2v) is 6.76. The van der Waals surface area contributed by atoms with E-state index in [-0.39, 0.29) is 17.9 Å². The predicted molar refractivity (Wildman–Crippen MR) is 111 cm³/mol. The van der Waals surface area contributed by atoms with Crippen LogP contribution in [0.1, 0.15) is 16.9 Å². The molecular formula is C22H20N4O3. The van der Waals surface area contributed by atoms with Crippen molar-refractivity contribution in [3.8, 4) is 0 Å². The van der Waals surface area contributed by atoms with E-state index in [9.17, 15) is 9.59 Å². The summed E-state index contributed by atoms with van der Waals surface area (Å²) in [5.41, 5.74) is 1.30. The number of nitrogens with zero attached hydrogens (tertiary/aromatic N) is 3. The molecular weight excluding hydrogens is 368 g/mol. The van der Waals surface area contributed by atoms with Crippen molar-refractivity contribution >= 4 is 11.5 Å². The molecule has 4 rings (SSSR count). The van der Waals surface area contributed by atoms with E-state index >= 15 is 0 Å². The van der Waals surface area contributed by atoms with Gasteiger partial charge in [0, 0.05) is 12.3 Å². The van der Waals surface area contributed by atoms with Gasteiger partial charge in [0.2, 0.25) is 0 Å². The van der Waals surface area contributed by atoms with Crippen molar-refractivity contribution in [1.29, 1.82) is 0 Å². The molecule has 7 nitrogen and oxygen atoms in total. The highest BCUT2D eigenvalue weighted by atomic mass is 16.5. The Labute approximate surface area is 166 Å². The number of hydrogen-bond donors (Lipinski definition) is 1. The fourth-order valence-electron chi connectivity index (χ4n) is 3.10. The Morgan fingerprint density at radius 2 is 1.55 bits per heavy atom. The van der Waals surface area contributed by atoms with Crippen molar-refractivity contribution < 1.29 is 4.52 Å². The highest BCUT2D eigenvalue weighted by Crippen LogP contribution is 2.13. The molecule has 0 fully saturated rings. The van der Waals surface area contributed by atoms with Crippen LogP contribution in [0.15, 0.2) is 87.0 Å². The lowest BCUT2D eigenvalue weighted by molar-refractivity contribution is 0.400. The monoisotopic (exact) mass is 388 g/mol. The van der Waals surface area contributed by atoms with Gasteiger partial charge < -0.3 is 9.84 Å². The molecule has 0 aliphatic carbocycles. The van der Waals surface area contributed by atoms with E-state index in [0.29, 0.717) is 18.1 Å². The number of rotatable bonds is 6. The largest absolute Gasteiger partial charge is 0.360 e. The summed E-state index contributed by atoms with van der Waals surface area (Å²) in [4.78, 5) is 26.1. The molecule has 146 valence electrons. The van der Waals surface area contributed by atoms with Crippen LogP contribution in [-0.2, 0) is 13.1 Å². The standard InChI is InChI=1S/C22H20N4O3/c1-16-12-20(24-29-16)23-19-15-25(13-17-8-4-2-5-9-17)22(28)26(21(19)27)14-18-10-6-3-7-11-18/h2-12,15H,13-14H2,1H3,(H,23,24). The second kappa shape index (κ2) is 8.02. The van der Waals surface area contributed by atoms with E-state index in [1.165, 1.54) is 15.3 Å². The first-order chi connectivity index (χ1) is 14.1. The van der Waals surface area contributed by atoms with Crippen LogP contribution in [-0.4, -0.2) is 14.3 Å². The topological polar surface area (TPSA) is 82.1 Å². The molecule has 29 heavy (non-hydrogen) atoms. The van der Waals surface area contributed by atoms with Crippen LogP contribution in [0.5, 0.6) is 0 Å². The lowest BCUT2D eigenvalue weighted by Crippen LogP contribution is -2.40. The van der Waals surface area contributed by atoms with Crippen molar-refractivity contribution in [3.05, 3.63) is 111 Å². The zero-order valence-electron chi connectivity index (χ0n) is 15.9. The molecule has 0 aliphatic rings. The fraction of sp³-hybridized carbons (Fsp3) is 0.136. The first-order valence-corrected chi connectivity index (χ1v) is 9.22. The molecule has 1 N–H and O–H groups in total. The first-order valence-electron chi connectivity index (χ1n) is 9.22. The summed E-state index contributed by atoms with van der Waals surface area (Å²) in [5, 5.41) is 6.85. The number of aromatic nitrogens is 3. The van der Waals surface area contributed by atoms with E-state index < -0.39 is 5.56 Å². The fourth-order valence-corrected chi connectivity index (χ4v) is 3.10. The molecule has 2 heterocycles. The highest BCUT2D eigenvalue weighted by Gasteiger charge is 2.14. The molecule has 0 bridgehead atoms. The predicted octanol–water partition coefficient (Wildman–Crippen LogP) is 3.15. The molecule has 0 atom stereocenters. The summed E-state index contributed by atoms with van der Waals surface area (Å²) in [6.45, 7) is 2.30. The van der Waals surface area contributed by atoms with E-state index in [2.05, 4.69) is 10.5 Å². The first kappa shape index (κ1) is 18.5. The van der Waals surface area contributed by atoms with Gasteiger partial charge in [-0.25, -0.2) is 4.79 Å². The van der Waals surface area contributed by atoms with E-state index in [0.717, 1.165) is 11.1 Å². The highest BCUT2D eigenvalue weighted by molar-refractivity contribution is 5.53. The van der Waals surface area contributed by atoms with E-state index in [4.69, 9.17) is 4.52 Å². The quantitative estimate of drug-likeness (QED) is 0.549. The van der Waals surface area contributed by atoms with E-state index in [1.807, 2.05) is 60.7 Å². The van der Waals surface area contributed by atoms with Gasteiger partial charge in [-0.05, 0) is 18.1 Å². The molecule has 7 heteroatoms. The van der Waals surface area contributed by atoms with Gasteiger partial charge in [-0.1, -0.05) is 65.8 Å². The zero-order chi connectivity index (χ0) is 20.2. The van der Waals surface area contributed by atoms with Gasteiger partial charge in [0.15, 0.2) is 5.82 Å². The van der Waals surface area contributed by atoms with Crippen molar-refractivity contribution in [2.75, 3.05) is 5.32 Å². The van der Waals surface area contributed by atoms with Crippen molar-refractivity contribution in [2.45, 2.75) is 20.0 Å². The van der Waals surface area contributed by atoms with E-state index in [1.54, 1.807) is 13.0 Å². The Bertz CT molecular complexity index is 1220. The van der Waals surface area contributed by atoms with Gasteiger partial charge in [0.25, 0.3) is 5.56 Å². The number of anilines is 2. The van der Waals surface area contributed by atoms with Crippen LogP contribution < -0.4 is 16.6 Å². The molecule has 0 spiro atoms. The summed E-state index contributed by atoms with van der Waals surface area (Å²) in [7, 11) is 0. The molecule has 0 aliphatic heterocycles. The molecule has 0 unspecified atom stereocenters. The van der Waals surface area contributed by atoms with Gasteiger partial charge in [0.1, 0.15) is 11.4 Å². The van der Waals surface area contributed by atoms with Crippen LogP contribution in [0.2, 0.25) is 0 Å². The molecule has 2 aromatic carbocycles. The van der Waals surface area contributed by atoms with Gasteiger partial charge in [0.05, 0.1) is 13.1 Å². The lowest BCUT2D eigenvalue weighted by atomic mass is 10.2. The zero-order valence-corrected chi connectivity index (χ0v) is 15.9. The third-order valence-corrected chi connectivity index (χ3v) is 4.51. The van der Waals surface area contributed by atoms with Crippen LogP contribution in [0.4, 0.5) is 11.5 Å². The maximum absolute atomic E-state index is 13.1. The minimum atomic E-state index is -0.413. The normalized spacial score (nSPS) is 10.8. The maximum atomic E-state index is 13.1. The molecule has 0 saturated heterocycles. The smallest absolute Gasteiger partial charge is 0.331 e. The summed E-state index contributed by atoms with van der Waals surface area (Å²) in [6.07, 6.45) is 1.53.